The Morgan fingerprint density at radius 3 is 2.53 bits per heavy atom. The van der Waals surface area contributed by atoms with Gasteiger partial charge in [0.1, 0.15) is 12.4 Å². The fourth-order valence-corrected chi connectivity index (χ4v) is 3.78. The lowest BCUT2D eigenvalue weighted by Crippen LogP contribution is -2.32. The molecule has 0 saturated carbocycles. The standard InChI is InChI=1S/C23H23NO7S/c1-3-29-18-6-4-5-16(21(18)31-14-20(25)26)13-19-22(27)24(23(28)32-19)11-12-30-17-9-7-15(2)8-10-17/h4-10,13H,3,11-12,14H2,1-2H3,(H,25,26)/b19-13-. The van der Waals surface area contributed by atoms with Gasteiger partial charge in [0.15, 0.2) is 18.1 Å². The van der Waals surface area contributed by atoms with Crippen LogP contribution in [-0.2, 0) is 9.59 Å². The summed E-state index contributed by atoms with van der Waals surface area (Å²) < 4.78 is 16.5. The molecule has 168 valence electrons. The van der Waals surface area contributed by atoms with E-state index in [1.165, 1.54) is 6.08 Å². The molecule has 0 aliphatic carbocycles. The van der Waals surface area contributed by atoms with Crippen molar-refractivity contribution in [2.75, 3.05) is 26.4 Å². The quantitative estimate of drug-likeness (QED) is 0.535. The molecule has 0 spiro atoms. The fourth-order valence-electron chi connectivity index (χ4n) is 2.93. The van der Waals surface area contributed by atoms with E-state index in [2.05, 4.69) is 0 Å². The van der Waals surface area contributed by atoms with Gasteiger partial charge in [-0.1, -0.05) is 29.8 Å². The lowest BCUT2D eigenvalue weighted by molar-refractivity contribution is -0.139. The Bertz CT molecular complexity index is 1030. The molecule has 3 rings (SSSR count). The maximum Gasteiger partial charge on any atom is 0.341 e. The normalized spacial score (nSPS) is 14.7. The molecule has 1 fully saturated rings. The fraction of sp³-hybridized carbons (Fsp3) is 0.261. The van der Waals surface area contributed by atoms with Crippen LogP contribution in [0, 0.1) is 6.92 Å². The minimum atomic E-state index is -1.14. The monoisotopic (exact) mass is 457 g/mol. The smallest absolute Gasteiger partial charge is 0.341 e. The highest BCUT2D eigenvalue weighted by atomic mass is 32.2. The molecular weight excluding hydrogens is 434 g/mol. The van der Waals surface area contributed by atoms with Gasteiger partial charge in [0.05, 0.1) is 18.1 Å². The Labute approximate surface area is 189 Å². The van der Waals surface area contributed by atoms with E-state index in [1.54, 1.807) is 25.1 Å². The zero-order valence-electron chi connectivity index (χ0n) is 17.7. The van der Waals surface area contributed by atoms with Gasteiger partial charge in [0.25, 0.3) is 11.1 Å². The highest BCUT2D eigenvalue weighted by Crippen LogP contribution is 2.37. The largest absolute Gasteiger partial charge is 0.492 e. The highest BCUT2D eigenvalue weighted by Gasteiger charge is 2.35. The number of imide groups is 1. The molecule has 0 radical (unpaired) electrons. The number of carbonyl (C=O) groups is 3. The molecule has 2 aromatic carbocycles. The first kappa shape index (κ1) is 23.2. The second-order valence-corrected chi connectivity index (χ2v) is 7.78. The van der Waals surface area contributed by atoms with Crippen LogP contribution in [0.1, 0.15) is 18.1 Å². The number of para-hydroxylation sites is 1. The molecule has 1 heterocycles. The average Bonchev–Trinajstić information content (AvgIpc) is 3.02. The van der Waals surface area contributed by atoms with Crippen molar-refractivity contribution in [3.63, 3.8) is 0 Å². The summed E-state index contributed by atoms with van der Waals surface area (Å²) in [6.45, 7) is 3.82. The molecule has 1 aliphatic heterocycles. The van der Waals surface area contributed by atoms with Gasteiger partial charge in [-0.15, -0.1) is 0 Å². The van der Waals surface area contributed by atoms with Crippen molar-refractivity contribution in [3.05, 3.63) is 58.5 Å². The van der Waals surface area contributed by atoms with Crippen LogP contribution in [0.2, 0.25) is 0 Å². The lowest BCUT2D eigenvalue weighted by Gasteiger charge is -2.14. The Hall–Kier alpha value is -3.46. The van der Waals surface area contributed by atoms with E-state index >= 15 is 0 Å². The second kappa shape index (κ2) is 10.7. The van der Waals surface area contributed by atoms with Crippen molar-refractivity contribution < 1.29 is 33.7 Å². The summed E-state index contributed by atoms with van der Waals surface area (Å²) in [5, 5.41) is 8.56. The number of ether oxygens (including phenoxy) is 3. The van der Waals surface area contributed by atoms with Crippen LogP contribution in [0.4, 0.5) is 4.79 Å². The van der Waals surface area contributed by atoms with Gasteiger partial charge >= 0.3 is 5.97 Å². The number of nitrogens with zero attached hydrogens (tertiary/aromatic N) is 1. The molecule has 32 heavy (non-hydrogen) atoms. The van der Waals surface area contributed by atoms with Crippen molar-refractivity contribution in [1.29, 1.82) is 0 Å². The number of carboxylic acid groups (broad SMARTS) is 1. The molecule has 1 aliphatic rings. The van der Waals surface area contributed by atoms with E-state index in [0.29, 0.717) is 23.7 Å². The van der Waals surface area contributed by atoms with Crippen LogP contribution in [-0.4, -0.2) is 53.5 Å². The maximum absolute atomic E-state index is 12.8. The lowest BCUT2D eigenvalue weighted by atomic mass is 10.1. The zero-order chi connectivity index (χ0) is 23.1. The molecule has 2 amide bonds. The average molecular weight is 458 g/mol. The number of rotatable bonds is 10. The van der Waals surface area contributed by atoms with Crippen LogP contribution < -0.4 is 14.2 Å². The summed E-state index contributed by atoms with van der Waals surface area (Å²) >= 11 is 0.807. The van der Waals surface area contributed by atoms with Crippen LogP contribution in [0.3, 0.4) is 0 Å². The topological polar surface area (TPSA) is 102 Å². The Balaban J connectivity index is 1.74. The first-order valence-corrected chi connectivity index (χ1v) is 10.8. The molecule has 0 atom stereocenters. The third-order valence-corrected chi connectivity index (χ3v) is 5.32. The number of thioether (sulfide) groups is 1. The molecule has 2 aromatic rings. The van der Waals surface area contributed by atoms with Crippen LogP contribution >= 0.6 is 11.8 Å². The number of aliphatic carboxylic acids is 1. The number of carboxylic acids is 1. The Morgan fingerprint density at radius 1 is 1.09 bits per heavy atom. The van der Waals surface area contributed by atoms with Gasteiger partial charge < -0.3 is 19.3 Å². The number of amides is 2. The van der Waals surface area contributed by atoms with Gasteiger partial charge in [-0.3, -0.25) is 14.5 Å². The van der Waals surface area contributed by atoms with Crippen molar-refractivity contribution >= 4 is 35.0 Å². The molecule has 0 aromatic heterocycles. The summed E-state index contributed by atoms with van der Waals surface area (Å²) in [5.74, 6) is -0.375. The first-order valence-electron chi connectivity index (χ1n) is 9.94. The summed E-state index contributed by atoms with van der Waals surface area (Å²) in [5.41, 5.74) is 1.55. The van der Waals surface area contributed by atoms with Crippen molar-refractivity contribution in [2.24, 2.45) is 0 Å². The van der Waals surface area contributed by atoms with Gasteiger partial charge in [-0.25, -0.2) is 4.79 Å². The van der Waals surface area contributed by atoms with E-state index < -0.39 is 23.7 Å². The minimum Gasteiger partial charge on any atom is -0.492 e. The SMILES string of the molecule is CCOc1cccc(/C=C2\SC(=O)N(CCOc3ccc(C)cc3)C2=O)c1OCC(=O)O. The van der Waals surface area contributed by atoms with Gasteiger partial charge in [0.2, 0.25) is 0 Å². The predicted octanol–water partition coefficient (Wildman–Crippen LogP) is 3.97. The second-order valence-electron chi connectivity index (χ2n) is 6.78. The first-order chi connectivity index (χ1) is 15.4. The maximum atomic E-state index is 12.8. The van der Waals surface area contributed by atoms with Gasteiger partial charge in [-0.2, -0.15) is 0 Å². The number of hydrogen-bond acceptors (Lipinski definition) is 7. The molecule has 9 heteroatoms. The summed E-state index contributed by atoms with van der Waals surface area (Å²) in [6.07, 6.45) is 1.51. The molecule has 1 saturated heterocycles. The molecule has 8 nitrogen and oxygen atoms in total. The molecular formula is C23H23NO7S. The van der Waals surface area contributed by atoms with E-state index in [0.717, 1.165) is 22.2 Å². The van der Waals surface area contributed by atoms with Crippen molar-refractivity contribution in [3.8, 4) is 17.2 Å². The molecule has 0 unspecified atom stereocenters. The Morgan fingerprint density at radius 2 is 1.84 bits per heavy atom. The third-order valence-electron chi connectivity index (χ3n) is 4.41. The van der Waals surface area contributed by atoms with Gasteiger partial charge in [0, 0.05) is 5.56 Å². The number of aryl methyl sites for hydroxylation is 1. The van der Waals surface area contributed by atoms with Crippen LogP contribution in [0.15, 0.2) is 47.4 Å². The van der Waals surface area contributed by atoms with Crippen molar-refractivity contribution in [2.45, 2.75) is 13.8 Å². The molecule has 0 bridgehead atoms. The molecule has 1 N–H and O–H groups in total. The minimum absolute atomic E-state index is 0.108. The predicted molar refractivity (Wildman–Crippen MR) is 120 cm³/mol. The zero-order valence-corrected chi connectivity index (χ0v) is 18.5. The number of hydrogen-bond donors (Lipinski definition) is 1. The van der Waals surface area contributed by atoms with Crippen molar-refractivity contribution in [1.82, 2.24) is 4.90 Å². The van der Waals surface area contributed by atoms with Crippen LogP contribution in [0.25, 0.3) is 6.08 Å². The summed E-state index contributed by atoms with van der Waals surface area (Å²) in [4.78, 5) is 37.4. The third kappa shape index (κ3) is 5.82. The number of carbonyl (C=O) groups excluding carboxylic acids is 2. The van der Waals surface area contributed by atoms with Crippen LogP contribution in [0.5, 0.6) is 17.2 Å². The van der Waals surface area contributed by atoms with E-state index in [4.69, 9.17) is 19.3 Å². The summed E-state index contributed by atoms with van der Waals surface area (Å²) in [6, 6.07) is 12.5. The van der Waals surface area contributed by atoms with E-state index in [-0.39, 0.29) is 23.8 Å². The van der Waals surface area contributed by atoms with E-state index in [9.17, 15) is 14.4 Å². The summed E-state index contributed by atoms with van der Waals surface area (Å²) in [7, 11) is 0. The van der Waals surface area contributed by atoms with E-state index in [1.807, 2.05) is 31.2 Å². The Kier molecular flexibility index (Phi) is 7.77. The van der Waals surface area contributed by atoms with Gasteiger partial charge in [-0.05, 0) is 49.9 Å². The highest BCUT2D eigenvalue weighted by molar-refractivity contribution is 8.18. The number of benzene rings is 2.